The van der Waals surface area contributed by atoms with Crippen molar-refractivity contribution < 1.29 is 27.1 Å². The van der Waals surface area contributed by atoms with E-state index in [1.807, 2.05) is 0 Å². The first-order valence-electron chi connectivity index (χ1n) is 7.15. The van der Waals surface area contributed by atoms with E-state index in [0.29, 0.717) is 30.4 Å². The maximum Gasteiger partial charge on any atom is 0.433 e. The molecule has 3 heterocycles. The van der Waals surface area contributed by atoms with Crippen LogP contribution in [0, 0.1) is 0 Å². The topological polar surface area (TPSA) is 57.4 Å². The number of hydrogen-bond acceptors (Lipinski definition) is 5. The zero-order chi connectivity index (χ0) is 16.4. The number of hydrogen-bond donors (Lipinski definition) is 0. The zero-order valence-electron chi connectivity index (χ0n) is 12.4. The van der Waals surface area contributed by atoms with Gasteiger partial charge < -0.3 is 13.9 Å². The van der Waals surface area contributed by atoms with Crippen molar-refractivity contribution in [3.63, 3.8) is 0 Å². The smallest absolute Gasteiger partial charge is 0.433 e. The summed E-state index contributed by atoms with van der Waals surface area (Å²) in [6.07, 6.45) is -1.43. The van der Waals surface area contributed by atoms with Crippen LogP contribution in [0.15, 0.2) is 22.7 Å². The molecular formula is C15H15F3N2O3. The molecule has 3 rings (SSSR count). The standard InChI is InChI=1S/C15H15F3N2O3/c1-21-14-10(2-3-12(20-14)15(16,17)18)11-8-19-13(23-11)9-4-6-22-7-5-9/h2-3,8-9H,4-7H2,1H3. The SMILES string of the molecule is COc1nc(C(F)(F)F)ccc1-c1cnc(C2CCOCC2)o1. The number of alkyl halides is 3. The summed E-state index contributed by atoms with van der Waals surface area (Å²) >= 11 is 0. The highest BCUT2D eigenvalue weighted by Gasteiger charge is 2.33. The van der Waals surface area contributed by atoms with Crippen molar-refractivity contribution >= 4 is 0 Å². The maximum atomic E-state index is 12.7. The van der Waals surface area contributed by atoms with Gasteiger partial charge in [0, 0.05) is 19.1 Å². The van der Waals surface area contributed by atoms with Gasteiger partial charge >= 0.3 is 6.18 Å². The van der Waals surface area contributed by atoms with Crippen molar-refractivity contribution in [2.75, 3.05) is 20.3 Å². The monoisotopic (exact) mass is 328 g/mol. The number of halogens is 3. The van der Waals surface area contributed by atoms with Gasteiger partial charge in [0.15, 0.2) is 11.7 Å². The van der Waals surface area contributed by atoms with Crippen LogP contribution in [0.3, 0.4) is 0 Å². The van der Waals surface area contributed by atoms with E-state index >= 15 is 0 Å². The van der Waals surface area contributed by atoms with E-state index in [2.05, 4.69) is 9.97 Å². The molecule has 0 aromatic carbocycles. The Morgan fingerprint density at radius 3 is 2.61 bits per heavy atom. The molecule has 0 N–H and O–H groups in total. The second-order valence-corrected chi connectivity index (χ2v) is 5.20. The van der Waals surface area contributed by atoms with E-state index in [4.69, 9.17) is 13.9 Å². The molecule has 1 aliphatic rings. The van der Waals surface area contributed by atoms with Crippen molar-refractivity contribution in [3.8, 4) is 17.2 Å². The molecule has 8 heteroatoms. The van der Waals surface area contributed by atoms with E-state index in [0.717, 1.165) is 18.9 Å². The van der Waals surface area contributed by atoms with Crippen LogP contribution in [-0.4, -0.2) is 30.3 Å². The van der Waals surface area contributed by atoms with Gasteiger partial charge in [0.05, 0.1) is 18.9 Å². The lowest BCUT2D eigenvalue weighted by Gasteiger charge is -2.18. The van der Waals surface area contributed by atoms with Gasteiger partial charge in [-0.15, -0.1) is 0 Å². The quantitative estimate of drug-likeness (QED) is 0.860. The predicted octanol–water partition coefficient (Wildman–Crippen LogP) is 3.66. The van der Waals surface area contributed by atoms with Crippen molar-refractivity contribution in [2.24, 2.45) is 0 Å². The summed E-state index contributed by atoms with van der Waals surface area (Å²) in [5.41, 5.74) is -0.673. The third-order valence-electron chi connectivity index (χ3n) is 3.70. The molecule has 0 radical (unpaired) electrons. The Kier molecular flexibility index (Phi) is 4.25. The maximum absolute atomic E-state index is 12.7. The van der Waals surface area contributed by atoms with Crippen molar-refractivity contribution in [1.82, 2.24) is 9.97 Å². The normalized spacial score (nSPS) is 16.5. The average Bonchev–Trinajstić information content (AvgIpc) is 3.04. The molecule has 0 saturated carbocycles. The van der Waals surface area contributed by atoms with Crippen LogP contribution in [0.2, 0.25) is 0 Å². The molecule has 0 bridgehead atoms. The molecular weight excluding hydrogens is 313 g/mol. The Bertz CT molecular complexity index is 679. The highest BCUT2D eigenvalue weighted by atomic mass is 19.4. The van der Waals surface area contributed by atoms with E-state index < -0.39 is 11.9 Å². The van der Waals surface area contributed by atoms with Crippen molar-refractivity contribution in [3.05, 3.63) is 29.9 Å². The second kappa shape index (κ2) is 6.19. The van der Waals surface area contributed by atoms with E-state index in [1.54, 1.807) is 0 Å². The van der Waals surface area contributed by atoms with E-state index in [-0.39, 0.29) is 11.8 Å². The van der Waals surface area contributed by atoms with Crippen molar-refractivity contribution in [1.29, 1.82) is 0 Å². The molecule has 0 spiro atoms. The first-order valence-corrected chi connectivity index (χ1v) is 7.15. The molecule has 1 saturated heterocycles. The minimum Gasteiger partial charge on any atom is -0.480 e. The molecule has 2 aromatic heterocycles. The number of nitrogens with zero attached hydrogens (tertiary/aromatic N) is 2. The Labute approximate surface area is 130 Å². The van der Waals surface area contributed by atoms with Crippen LogP contribution in [0.4, 0.5) is 13.2 Å². The summed E-state index contributed by atoms with van der Waals surface area (Å²) in [4.78, 5) is 7.74. The largest absolute Gasteiger partial charge is 0.480 e. The molecule has 2 aromatic rings. The number of aromatic nitrogens is 2. The predicted molar refractivity (Wildman–Crippen MR) is 74.1 cm³/mol. The van der Waals surface area contributed by atoms with Gasteiger partial charge in [-0.05, 0) is 25.0 Å². The lowest BCUT2D eigenvalue weighted by molar-refractivity contribution is -0.141. The first kappa shape index (κ1) is 15.8. The van der Waals surface area contributed by atoms with Gasteiger partial charge in [0.25, 0.3) is 0 Å². The molecule has 0 atom stereocenters. The number of methoxy groups -OCH3 is 1. The summed E-state index contributed by atoms with van der Waals surface area (Å²) in [5.74, 6) is 0.912. The molecule has 23 heavy (non-hydrogen) atoms. The summed E-state index contributed by atoms with van der Waals surface area (Å²) in [7, 11) is 1.27. The zero-order valence-corrected chi connectivity index (χ0v) is 12.4. The molecule has 124 valence electrons. The Balaban J connectivity index is 1.91. The summed E-state index contributed by atoms with van der Waals surface area (Å²) in [6.45, 7) is 1.29. The number of pyridine rings is 1. The van der Waals surface area contributed by atoms with Gasteiger partial charge in [-0.2, -0.15) is 13.2 Å². The van der Waals surface area contributed by atoms with Gasteiger partial charge in [0.1, 0.15) is 5.69 Å². The fraction of sp³-hybridized carbons (Fsp3) is 0.467. The van der Waals surface area contributed by atoms with Gasteiger partial charge in [0.2, 0.25) is 5.88 Å². The van der Waals surface area contributed by atoms with Gasteiger partial charge in [-0.3, -0.25) is 0 Å². The minimum absolute atomic E-state index is 0.144. The van der Waals surface area contributed by atoms with E-state index in [9.17, 15) is 13.2 Å². The van der Waals surface area contributed by atoms with Gasteiger partial charge in [-0.25, -0.2) is 9.97 Å². The molecule has 1 aliphatic heterocycles. The van der Waals surface area contributed by atoms with Crippen LogP contribution in [0.1, 0.15) is 30.3 Å². The van der Waals surface area contributed by atoms with Crippen LogP contribution < -0.4 is 4.74 Å². The first-order chi connectivity index (χ1) is 11.0. The molecule has 1 fully saturated rings. The van der Waals surface area contributed by atoms with Crippen LogP contribution in [0.25, 0.3) is 11.3 Å². The number of oxazole rings is 1. The van der Waals surface area contributed by atoms with E-state index in [1.165, 1.54) is 19.4 Å². The highest BCUT2D eigenvalue weighted by Crippen LogP contribution is 2.36. The third kappa shape index (κ3) is 3.31. The molecule has 0 unspecified atom stereocenters. The molecule has 0 aliphatic carbocycles. The van der Waals surface area contributed by atoms with Gasteiger partial charge in [-0.1, -0.05) is 0 Å². The average molecular weight is 328 g/mol. The lowest BCUT2D eigenvalue weighted by atomic mass is 10.0. The summed E-state index contributed by atoms with van der Waals surface area (Å²) in [6, 6.07) is 2.18. The minimum atomic E-state index is -4.53. The third-order valence-corrected chi connectivity index (χ3v) is 3.70. The number of ether oxygens (including phenoxy) is 2. The van der Waals surface area contributed by atoms with Crippen LogP contribution >= 0.6 is 0 Å². The fourth-order valence-corrected chi connectivity index (χ4v) is 2.49. The lowest BCUT2D eigenvalue weighted by Crippen LogP contribution is -2.14. The van der Waals surface area contributed by atoms with Crippen LogP contribution in [-0.2, 0) is 10.9 Å². The summed E-state index contributed by atoms with van der Waals surface area (Å²) < 4.78 is 54.1. The Hall–Kier alpha value is -2.09. The van der Waals surface area contributed by atoms with Crippen molar-refractivity contribution in [2.45, 2.75) is 24.9 Å². The second-order valence-electron chi connectivity index (χ2n) is 5.20. The Morgan fingerprint density at radius 2 is 1.96 bits per heavy atom. The molecule has 0 amide bonds. The van der Waals surface area contributed by atoms with Crippen LogP contribution in [0.5, 0.6) is 5.88 Å². The fourth-order valence-electron chi connectivity index (χ4n) is 2.49. The number of rotatable bonds is 3. The Morgan fingerprint density at radius 1 is 1.22 bits per heavy atom. The molecule has 5 nitrogen and oxygen atoms in total. The highest BCUT2D eigenvalue weighted by molar-refractivity contribution is 5.63. The summed E-state index contributed by atoms with van der Waals surface area (Å²) in [5, 5.41) is 0.